The summed E-state index contributed by atoms with van der Waals surface area (Å²) in [5.74, 6) is 0. The fourth-order valence-corrected chi connectivity index (χ4v) is 3.39. The van der Waals surface area contributed by atoms with Crippen LogP contribution in [-0.4, -0.2) is 23.9 Å². The number of anilines is 1. The maximum atomic E-state index is 3.33. The molecular weight excluding hydrogens is 280 g/mol. The van der Waals surface area contributed by atoms with Crippen molar-refractivity contribution in [1.29, 1.82) is 0 Å². The lowest BCUT2D eigenvalue weighted by Crippen LogP contribution is -2.26. The second-order valence-electron chi connectivity index (χ2n) is 6.57. The van der Waals surface area contributed by atoms with Crippen molar-refractivity contribution in [2.24, 2.45) is 0 Å². The summed E-state index contributed by atoms with van der Waals surface area (Å²) in [5, 5.41) is 3.33. The Balaban J connectivity index is 1.89. The molecule has 2 heteroatoms. The average molecular weight is 305 g/mol. The van der Waals surface area contributed by atoms with Crippen LogP contribution < -0.4 is 5.32 Å². The van der Waals surface area contributed by atoms with Crippen molar-refractivity contribution in [2.45, 2.75) is 26.2 Å². The molecule has 0 aromatic heterocycles. The van der Waals surface area contributed by atoms with Crippen molar-refractivity contribution in [1.82, 2.24) is 0 Å². The number of nitrogens with zero attached hydrogens (tertiary/aromatic N) is 1. The monoisotopic (exact) mass is 305 g/mol. The van der Waals surface area contributed by atoms with Gasteiger partial charge in [0.15, 0.2) is 5.71 Å². The minimum atomic E-state index is 0.0333. The molecule has 0 unspecified atom stereocenters. The van der Waals surface area contributed by atoms with Crippen LogP contribution in [-0.2, 0) is 5.41 Å². The number of hydrogen-bond acceptors (Lipinski definition) is 1. The van der Waals surface area contributed by atoms with Gasteiger partial charge in [0.25, 0.3) is 0 Å². The van der Waals surface area contributed by atoms with E-state index in [1.807, 2.05) is 0 Å². The highest BCUT2D eigenvalue weighted by molar-refractivity contribution is 6.05. The van der Waals surface area contributed by atoms with E-state index in [9.17, 15) is 0 Å². The molecule has 23 heavy (non-hydrogen) atoms. The molecule has 0 bridgehead atoms. The molecule has 0 amide bonds. The van der Waals surface area contributed by atoms with E-state index in [2.05, 4.69) is 98.4 Å². The van der Waals surface area contributed by atoms with Crippen LogP contribution in [0.3, 0.4) is 0 Å². The molecule has 0 saturated heterocycles. The minimum Gasteiger partial charge on any atom is -0.385 e. The summed E-state index contributed by atoms with van der Waals surface area (Å²) in [4.78, 5) is 0. The van der Waals surface area contributed by atoms with Crippen molar-refractivity contribution in [3.05, 3.63) is 65.7 Å². The van der Waals surface area contributed by atoms with Crippen LogP contribution in [0.2, 0.25) is 0 Å². The first kappa shape index (κ1) is 15.5. The standard InChI is InChI=1S/C21H24N2/c1-5-22-17-13-10-16(11-14-17)12-15-20-21(2,3)18-8-6-7-9-19(18)23(20)4/h6-15H,5H2,1-4H3/p+1. The lowest BCUT2D eigenvalue weighted by molar-refractivity contribution is -0.401. The molecule has 118 valence electrons. The summed E-state index contributed by atoms with van der Waals surface area (Å²) in [6.45, 7) is 7.65. The fourth-order valence-electron chi connectivity index (χ4n) is 3.39. The predicted molar refractivity (Wildman–Crippen MR) is 100.0 cm³/mol. The van der Waals surface area contributed by atoms with Crippen LogP contribution in [0, 0.1) is 0 Å². The molecule has 0 radical (unpaired) electrons. The molecule has 2 nitrogen and oxygen atoms in total. The van der Waals surface area contributed by atoms with Gasteiger partial charge in [0.05, 0.1) is 5.41 Å². The first-order valence-electron chi connectivity index (χ1n) is 8.26. The van der Waals surface area contributed by atoms with Crippen LogP contribution in [0.5, 0.6) is 0 Å². The van der Waals surface area contributed by atoms with Crippen molar-refractivity contribution in [2.75, 3.05) is 18.9 Å². The fraction of sp³-hybridized carbons (Fsp3) is 0.286. The van der Waals surface area contributed by atoms with Crippen LogP contribution >= 0.6 is 0 Å². The predicted octanol–water partition coefficient (Wildman–Crippen LogP) is 4.84. The van der Waals surface area contributed by atoms with Gasteiger partial charge in [-0.05, 0) is 44.5 Å². The molecule has 3 rings (SSSR count). The van der Waals surface area contributed by atoms with E-state index in [1.165, 1.54) is 28.2 Å². The maximum absolute atomic E-state index is 3.33. The highest BCUT2D eigenvalue weighted by atomic mass is 15.0. The zero-order valence-corrected chi connectivity index (χ0v) is 14.4. The Kier molecular flexibility index (Phi) is 4.08. The van der Waals surface area contributed by atoms with Gasteiger partial charge in [-0.2, -0.15) is 4.58 Å². The number of rotatable bonds is 4. The quantitative estimate of drug-likeness (QED) is 0.799. The average Bonchev–Trinajstić information content (AvgIpc) is 2.75. The van der Waals surface area contributed by atoms with Gasteiger partial charge in [-0.15, -0.1) is 0 Å². The van der Waals surface area contributed by atoms with E-state index >= 15 is 0 Å². The summed E-state index contributed by atoms with van der Waals surface area (Å²) < 4.78 is 2.30. The highest BCUT2D eigenvalue weighted by Gasteiger charge is 2.42. The molecule has 1 aliphatic rings. The van der Waals surface area contributed by atoms with E-state index in [4.69, 9.17) is 0 Å². The molecular formula is C21H25N2+. The Morgan fingerprint density at radius 3 is 2.35 bits per heavy atom. The first-order chi connectivity index (χ1) is 11.0. The molecule has 0 aliphatic carbocycles. The summed E-state index contributed by atoms with van der Waals surface area (Å²) in [5.41, 5.74) is 6.45. The molecule has 1 aliphatic heterocycles. The van der Waals surface area contributed by atoms with E-state index in [-0.39, 0.29) is 5.41 Å². The Morgan fingerprint density at radius 1 is 1.00 bits per heavy atom. The first-order valence-corrected chi connectivity index (χ1v) is 8.26. The molecule has 0 saturated carbocycles. The van der Waals surface area contributed by atoms with E-state index in [0.29, 0.717) is 0 Å². The lowest BCUT2D eigenvalue weighted by atomic mass is 9.81. The van der Waals surface area contributed by atoms with E-state index < -0.39 is 0 Å². The maximum Gasteiger partial charge on any atom is 0.209 e. The molecule has 1 N–H and O–H groups in total. The van der Waals surface area contributed by atoms with Gasteiger partial charge in [0.2, 0.25) is 5.69 Å². The van der Waals surface area contributed by atoms with Crippen LogP contribution in [0.1, 0.15) is 31.9 Å². The van der Waals surface area contributed by atoms with E-state index in [0.717, 1.165) is 6.54 Å². The van der Waals surface area contributed by atoms with Crippen molar-refractivity contribution < 1.29 is 4.58 Å². The number of allylic oxidation sites excluding steroid dienone is 1. The van der Waals surface area contributed by atoms with Crippen molar-refractivity contribution >= 4 is 23.2 Å². The second kappa shape index (κ2) is 6.04. The summed E-state index contributed by atoms with van der Waals surface area (Å²) in [7, 11) is 2.15. The Bertz CT molecular complexity index is 765. The van der Waals surface area contributed by atoms with Crippen molar-refractivity contribution in [3.63, 3.8) is 0 Å². The number of benzene rings is 2. The molecule has 2 aromatic carbocycles. The Morgan fingerprint density at radius 2 is 1.70 bits per heavy atom. The minimum absolute atomic E-state index is 0.0333. The molecule has 0 fully saturated rings. The topological polar surface area (TPSA) is 15.0 Å². The number of hydrogen-bond donors (Lipinski definition) is 1. The smallest absolute Gasteiger partial charge is 0.209 e. The van der Waals surface area contributed by atoms with Crippen LogP contribution in [0.25, 0.3) is 6.08 Å². The van der Waals surface area contributed by atoms with Gasteiger partial charge >= 0.3 is 0 Å². The largest absolute Gasteiger partial charge is 0.385 e. The normalized spacial score (nSPS) is 16.0. The Hall–Kier alpha value is -2.35. The number of fused-ring (bicyclic) bond motifs is 1. The van der Waals surface area contributed by atoms with Gasteiger partial charge in [-0.25, -0.2) is 0 Å². The number of nitrogens with one attached hydrogen (secondary N) is 1. The molecule has 0 spiro atoms. The van der Waals surface area contributed by atoms with Gasteiger partial charge in [0, 0.05) is 29.9 Å². The Labute approximate surface area is 139 Å². The van der Waals surface area contributed by atoms with Gasteiger partial charge in [0.1, 0.15) is 7.05 Å². The number of para-hydroxylation sites is 1. The summed E-state index contributed by atoms with van der Waals surface area (Å²) in [6, 6.07) is 17.2. The molecule has 0 atom stereocenters. The zero-order chi connectivity index (χ0) is 16.4. The third-order valence-electron chi connectivity index (χ3n) is 4.67. The van der Waals surface area contributed by atoms with Gasteiger partial charge in [-0.3, -0.25) is 0 Å². The lowest BCUT2D eigenvalue weighted by Gasteiger charge is -2.15. The van der Waals surface area contributed by atoms with Gasteiger partial charge in [-0.1, -0.05) is 30.3 Å². The van der Waals surface area contributed by atoms with Gasteiger partial charge < -0.3 is 5.32 Å². The third-order valence-corrected chi connectivity index (χ3v) is 4.67. The molecule has 1 heterocycles. The SMILES string of the molecule is CCNc1ccc(/C=C/C2=[N+](C)c3ccccc3C2(C)C)cc1. The zero-order valence-electron chi connectivity index (χ0n) is 14.4. The highest BCUT2D eigenvalue weighted by Crippen LogP contribution is 2.39. The molecule has 2 aromatic rings. The summed E-state index contributed by atoms with van der Waals surface area (Å²) in [6.07, 6.45) is 4.46. The second-order valence-corrected chi connectivity index (χ2v) is 6.57. The summed E-state index contributed by atoms with van der Waals surface area (Å²) >= 11 is 0. The van der Waals surface area contributed by atoms with Crippen LogP contribution in [0.4, 0.5) is 11.4 Å². The third kappa shape index (κ3) is 2.81. The van der Waals surface area contributed by atoms with Crippen LogP contribution in [0.15, 0.2) is 54.6 Å². The van der Waals surface area contributed by atoms with E-state index in [1.54, 1.807) is 0 Å². The van der Waals surface area contributed by atoms with Crippen molar-refractivity contribution in [3.8, 4) is 0 Å².